The summed E-state index contributed by atoms with van der Waals surface area (Å²) >= 11 is 1.51. The Morgan fingerprint density at radius 1 is 1.11 bits per heavy atom. The molecule has 146 valence electrons. The Kier molecular flexibility index (Phi) is 5.48. The molecule has 3 aromatic rings. The Labute approximate surface area is 168 Å². The highest BCUT2D eigenvalue weighted by Crippen LogP contribution is 2.34. The molecular formula is C22H23NO4S. The molecular weight excluding hydrogens is 374 g/mol. The van der Waals surface area contributed by atoms with Crippen molar-refractivity contribution in [2.24, 2.45) is 0 Å². The van der Waals surface area contributed by atoms with Gasteiger partial charge in [0.1, 0.15) is 24.6 Å². The minimum atomic E-state index is 0.0761. The first-order valence-corrected chi connectivity index (χ1v) is 10.4. The summed E-state index contributed by atoms with van der Waals surface area (Å²) < 4.78 is 17.1. The third-order valence-corrected chi connectivity index (χ3v) is 5.78. The van der Waals surface area contributed by atoms with E-state index in [1.54, 1.807) is 4.90 Å². The minimum absolute atomic E-state index is 0.0761. The second-order valence-electron chi connectivity index (χ2n) is 6.70. The van der Waals surface area contributed by atoms with E-state index in [0.717, 1.165) is 45.1 Å². The van der Waals surface area contributed by atoms with Gasteiger partial charge < -0.3 is 18.8 Å². The van der Waals surface area contributed by atoms with Gasteiger partial charge in [0.15, 0.2) is 11.5 Å². The molecule has 0 spiro atoms. The molecule has 1 aliphatic rings. The van der Waals surface area contributed by atoms with E-state index >= 15 is 0 Å². The lowest BCUT2D eigenvalue weighted by Crippen LogP contribution is -2.28. The molecule has 0 bridgehead atoms. The third kappa shape index (κ3) is 3.83. The zero-order chi connectivity index (χ0) is 19.5. The van der Waals surface area contributed by atoms with E-state index in [1.165, 1.54) is 11.8 Å². The Morgan fingerprint density at radius 3 is 2.71 bits per heavy atom. The van der Waals surface area contributed by atoms with Crippen LogP contribution in [0.15, 0.2) is 51.8 Å². The zero-order valence-corrected chi connectivity index (χ0v) is 16.9. The second kappa shape index (κ2) is 8.19. The molecule has 2 aromatic carbocycles. The van der Waals surface area contributed by atoms with Gasteiger partial charge in [-0.25, -0.2) is 0 Å². The highest BCUT2D eigenvalue weighted by Gasteiger charge is 2.18. The molecule has 5 nitrogen and oxygen atoms in total. The largest absolute Gasteiger partial charge is 0.486 e. The molecule has 0 saturated heterocycles. The SMILES string of the molecule is CCc1oc2ccccc2c1CN(C)C(=O)CSc1ccc2c(c1)OCCO2. The van der Waals surface area contributed by atoms with Crippen molar-refractivity contribution in [2.45, 2.75) is 24.8 Å². The van der Waals surface area contributed by atoms with E-state index in [2.05, 4.69) is 13.0 Å². The lowest BCUT2D eigenvalue weighted by atomic mass is 10.1. The number of ether oxygens (including phenoxy) is 2. The molecule has 0 saturated carbocycles. The van der Waals surface area contributed by atoms with Crippen LogP contribution in [0.2, 0.25) is 0 Å². The number of aryl methyl sites for hydroxylation is 1. The number of carbonyl (C=O) groups is 1. The monoisotopic (exact) mass is 397 g/mol. The Hall–Kier alpha value is -2.60. The van der Waals surface area contributed by atoms with E-state index in [1.807, 2.05) is 43.4 Å². The van der Waals surface area contributed by atoms with E-state index in [4.69, 9.17) is 13.9 Å². The normalized spacial score (nSPS) is 12.9. The maximum atomic E-state index is 12.7. The van der Waals surface area contributed by atoms with Crippen molar-refractivity contribution in [3.8, 4) is 11.5 Å². The van der Waals surface area contributed by atoms with E-state index in [0.29, 0.717) is 25.5 Å². The van der Waals surface area contributed by atoms with Gasteiger partial charge in [-0.15, -0.1) is 11.8 Å². The molecule has 4 rings (SSSR count). The van der Waals surface area contributed by atoms with Crippen molar-refractivity contribution < 1.29 is 18.7 Å². The number of amides is 1. The lowest BCUT2D eigenvalue weighted by Gasteiger charge is -2.19. The van der Waals surface area contributed by atoms with Crippen LogP contribution in [-0.4, -0.2) is 36.8 Å². The van der Waals surface area contributed by atoms with Gasteiger partial charge in [-0.05, 0) is 24.3 Å². The molecule has 0 radical (unpaired) electrons. The number of thioether (sulfide) groups is 1. The van der Waals surface area contributed by atoms with E-state index in [-0.39, 0.29) is 5.91 Å². The number of furan rings is 1. The predicted octanol–water partition coefficient (Wildman–Crippen LogP) is 4.52. The summed E-state index contributed by atoms with van der Waals surface area (Å²) in [6.07, 6.45) is 0.804. The number of benzene rings is 2. The van der Waals surface area contributed by atoms with Crippen molar-refractivity contribution in [3.05, 3.63) is 53.8 Å². The number of fused-ring (bicyclic) bond motifs is 2. The molecule has 1 aliphatic heterocycles. The highest BCUT2D eigenvalue weighted by molar-refractivity contribution is 8.00. The van der Waals surface area contributed by atoms with Crippen molar-refractivity contribution in [1.82, 2.24) is 4.90 Å². The third-order valence-electron chi connectivity index (χ3n) is 4.80. The summed E-state index contributed by atoms with van der Waals surface area (Å²) in [6.45, 7) is 3.74. The van der Waals surface area contributed by atoms with Crippen LogP contribution in [0.4, 0.5) is 0 Å². The fourth-order valence-corrected chi connectivity index (χ4v) is 4.17. The smallest absolute Gasteiger partial charge is 0.232 e. The van der Waals surface area contributed by atoms with Gasteiger partial charge in [0.2, 0.25) is 5.91 Å². The lowest BCUT2D eigenvalue weighted by molar-refractivity contribution is -0.127. The van der Waals surface area contributed by atoms with Crippen LogP contribution in [-0.2, 0) is 17.8 Å². The minimum Gasteiger partial charge on any atom is -0.486 e. The van der Waals surface area contributed by atoms with Crippen LogP contribution in [0.25, 0.3) is 11.0 Å². The second-order valence-corrected chi connectivity index (χ2v) is 7.75. The number of carbonyl (C=O) groups excluding carboxylic acids is 1. The fraction of sp³-hybridized carbons (Fsp3) is 0.318. The molecule has 2 heterocycles. The van der Waals surface area contributed by atoms with Crippen molar-refractivity contribution in [3.63, 3.8) is 0 Å². The Balaban J connectivity index is 1.42. The van der Waals surface area contributed by atoms with Gasteiger partial charge >= 0.3 is 0 Å². The molecule has 0 aliphatic carbocycles. The highest BCUT2D eigenvalue weighted by atomic mass is 32.2. The number of para-hydroxylation sites is 1. The average Bonchev–Trinajstić information content (AvgIpc) is 3.09. The molecule has 28 heavy (non-hydrogen) atoms. The van der Waals surface area contributed by atoms with Crippen LogP contribution in [0.3, 0.4) is 0 Å². The number of rotatable bonds is 6. The topological polar surface area (TPSA) is 51.9 Å². The molecule has 6 heteroatoms. The van der Waals surface area contributed by atoms with Crippen molar-refractivity contribution >= 4 is 28.6 Å². The average molecular weight is 397 g/mol. The van der Waals surface area contributed by atoms with Crippen LogP contribution >= 0.6 is 11.8 Å². The number of nitrogens with zero attached hydrogens (tertiary/aromatic N) is 1. The Morgan fingerprint density at radius 2 is 1.89 bits per heavy atom. The summed E-state index contributed by atoms with van der Waals surface area (Å²) in [5.41, 5.74) is 1.97. The van der Waals surface area contributed by atoms with Gasteiger partial charge in [-0.1, -0.05) is 25.1 Å². The van der Waals surface area contributed by atoms with Gasteiger partial charge in [-0.2, -0.15) is 0 Å². The molecule has 0 unspecified atom stereocenters. The quantitative estimate of drug-likeness (QED) is 0.573. The van der Waals surface area contributed by atoms with Crippen LogP contribution in [0.1, 0.15) is 18.2 Å². The Bertz CT molecular complexity index is 997. The van der Waals surface area contributed by atoms with Gasteiger partial charge in [0.05, 0.1) is 5.75 Å². The number of hydrogen-bond acceptors (Lipinski definition) is 5. The van der Waals surface area contributed by atoms with E-state index < -0.39 is 0 Å². The molecule has 0 fully saturated rings. The number of hydrogen-bond donors (Lipinski definition) is 0. The van der Waals surface area contributed by atoms with Crippen molar-refractivity contribution in [1.29, 1.82) is 0 Å². The van der Waals surface area contributed by atoms with Gasteiger partial charge in [0, 0.05) is 35.9 Å². The molecule has 0 N–H and O–H groups in total. The standard InChI is InChI=1S/C22H23NO4S/c1-3-18-17(16-6-4-5-7-19(16)27-18)13-23(2)22(24)14-28-15-8-9-20-21(12-15)26-11-10-25-20/h4-9,12H,3,10-11,13-14H2,1-2H3. The first-order chi connectivity index (χ1) is 13.7. The molecule has 1 aromatic heterocycles. The van der Waals surface area contributed by atoms with E-state index in [9.17, 15) is 4.79 Å². The summed E-state index contributed by atoms with van der Waals surface area (Å²) in [7, 11) is 1.84. The zero-order valence-electron chi connectivity index (χ0n) is 16.1. The maximum absolute atomic E-state index is 12.7. The fourth-order valence-electron chi connectivity index (χ4n) is 3.30. The predicted molar refractivity (Wildman–Crippen MR) is 110 cm³/mol. The van der Waals surface area contributed by atoms with Crippen molar-refractivity contribution in [2.75, 3.05) is 26.0 Å². The van der Waals surface area contributed by atoms with Gasteiger partial charge in [0.25, 0.3) is 0 Å². The van der Waals surface area contributed by atoms with Gasteiger partial charge in [-0.3, -0.25) is 4.79 Å². The first kappa shape index (κ1) is 18.7. The summed E-state index contributed by atoms with van der Waals surface area (Å²) in [4.78, 5) is 15.4. The first-order valence-electron chi connectivity index (χ1n) is 9.41. The molecule has 0 atom stereocenters. The maximum Gasteiger partial charge on any atom is 0.232 e. The van der Waals surface area contributed by atoms with Crippen LogP contribution in [0, 0.1) is 0 Å². The van der Waals surface area contributed by atoms with Crippen LogP contribution < -0.4 is 9.47 Å². The molecule has 1 amide bonds. The summed E-state index contributed by atoms with van der Waals surface area (Å²) in [5, 5.41) is 1.08. The summed E-state index contributed by atoms with van der Waals surface area (Å²) in [5.74, 6) is 2.90. The summed E-state index contributed by atoms with van der Waals surface area (Å²) in [6, 6.07) is 13.8. The van der Waals surface area contributed by atoms with Crippen LogP contribution in [0.5, 0.6) is 11.5 Å².